The zero-order valence-electron chi connectivity index (χ0n) is 15.7. The first-order valence-electron chi connectivity index (χ1n) is 8.98. The van der Waals surface area contributed by atoms with Crippen LogP contribution < -0.4 is 5.32 Å². The van der Waals surface area contributed by atoms with Gasteiger partial charge in [-0.1, -0.05) is 64.4 Å². The molecule has 0 spiro atoms. The van der Waals surface area contributed by atoms with Crippen molar-refractivity contribution in [2.24, 2.45) is 0 Å². The number of anilines is 1. The lowest BCUT2D eigenvalue weighted by molar-refractivity contribution is 0.101. The third kappa shape index (κ3) is 4.12. The van der Waals surface area contributed by atoms with Gasteiger partial charge >= 0.3 is 0 Å². The summed E-state index contributed by atoms with van der Waals surface area (Å²) in [7, 11) is 0. The van der Waals surface area contributed by atoms with Crippen molar-refractivity contribution < 1.29 is 13.8 Å². The second-order valence-electron chi connectivity index (χ2n) is 6.70. The van der Waals surface area contributed by atoms with Crippen LogP contribution in [-0.2, 0) is 0 Å². The smallest absolute Gasteiger partial charge is 0.277 e. The Bertz CT molecular complexity index is 1150. The molecule has 0 radical (unpaired) electrons. The predicted octanol–water partition coefficient (Wildman–Crippen LogP) is 5.53. The minimum Gasteiger partial charge on any atom is -0.355 e. The molecule has 29 heavy (non-hydrogen) atoms. The molecule has 0 atom stereocenters. The van der Waals surface area contributed by atoms with Crippen molar-refractivity contribution in [3.63, 3.8) is 0 Å². The molecule has 0 saturated carbocycles. The van der Waals surface area contributed by atoms with E-state index in [4.69, 9.17) is 9.05 Å². The Balaban J connectivity index is 1.57. The number of carbonyl (C=O) groups excluding carboxylic acids is 1. The van der Waals surface area contributed by atoms with Gasteiger partial charge in [-0.25, -0.2) is 0 Å². The number of nitrogens with zero attached hydrogens (tertiary/aromatic N) is 3. The molecule has 8 heteroatoms. The molecule has 0 aliphatic rings. The number of rotatable bonds is 5. The average Bonchev–Trinajstić information content (AvgIpc) is 3.39. The van der Waals surface area contributed by atoms with Crippen LogP contribution in [0.5, 0.6) is 0 Å². The zero-order chi connectivity index (χ0) is 20.4. The number of benzene rings is 2. The van der Waals surface area contributed by atoms with Crippen LogP contribution in [0.2, 0.25) is 0 Å². The number of carbonyl (C=O) groups is 1. The SMILES string of the molecule is CC(C)c1noc(-c2ccccc2NC(=O)c2cc(-c3ccc(Br)cc3)on2)n1. The number of hydrogen-bond acceptors (Lipinski definition) is 6. The minimum absolute atomic E-state index is 0.140. The molecule has 0 aliphatic carbocycles. The van der Waals surface area contributed by atoms with E-state index in [0.717, 1.165) is 10.0 Å². The standard InChI is InChI=1S/C21H17BrN4O3/c1-12(2)19-24-21(29-26-19)15-5-3-4-6-16(15)23-20(27)17-11-18(28-25-17)13-7-9-14(22)10-8-13/h3-12H,1-2H3,(H,23,27). The molecule has 2 heterocycles. The first-order valence-corrected chi connectivity index (χ1v) is 9.77. The van der Waals surface area contributed by atoms with Gasteiger partial charge in [0.05, 0.1) is 11.3 Å². The van der Waals surface area contributed by atoms with Crippen LogP contribution >= 0.6 is 15.9 Å². The van der Waals surface area contributed by atoms with Crippen molar-refractivity contribution in [3.05, 3.63) is 70.6 Å². The number of para-hydroxylation sites is 1. The first kappa shape index (κ1) is 19.1. The van der Waals surface area contributed by atoms with Crippen LogP contribution in [-0.4, -0.2) is 21.2 Å². The molecule has 0 saturated heterocycles. The Hall–Kier alpha value is -3.26. The molecular formula is C21H17BrN4O3. The molecule has 2 aromatic heterocycles. The predicted molar refractivity (Wildman–Crippen MR) is 111 cm³/mol. The normalized spacial score (nSPS) is 11.0. The van der Waals surface area contributed by atoms with Gasteiger partial charge in [0.15, 0.2) is 17.3 Å². The number of nitrogens with one attached hydrogen (secondary N) is 1. The maximum Gasteiger partial charge on any atom is 0.277 e. The van der Waals surface area contributed by atoms with Crippen molar-refractivity contribution in [3.8, 4) is 22.8 Å². The van der Waals surface area contributed by atoms with Gasteiger partial charge < -0.3 is 14.4 Å². The third-order valence-corrected chi connectivity index (χ3v) is 4.76. The summed E-state index contributed by atoms with van der Waals surface area (Å²) in [6.45, 7) is 3.96. The number of aromatic nitrogens is 3. The van der Waals surface area contributed by atoms with Gasteiger partial charge in [-0.05, 0) is 24.3 Å². The Morgan fingerprint density at radius 1 is 1.03 bits per heavy atom. The Morgan fingerprint density at radius 2 is 1.79 bits per heavy atom. The largest absolute Gasteiger partial charge is 0.355 e. The van der Waals surface area contributed by atoms with Crippen molar-refractivity contribution in [2.45, 2.75) is 19.8 Å². The fraction of sp³-hybridized carbons (Fsp3) is 0.143. The Labute approximate surface area is 175 Å². The molecule has 7 nitrogen and oxygen atoms in total. The minimum atomic E-state index is -0.395. The summed E-state index contributed by atoms with van der Waals surface area (Å²) in [5.41, 5.74) is 2.18. The van der Waals surface area contributed by atoms with Crippen molar-refractivity contribution in [1.29, 1.82) is 0 Å². The molecule has 0 aliphatic heterocycles. The first-order chi connectivity index (χ1) is 14.0. The highest BCUT2D eigenvalue weighted by Gasteiger charge is 2.18. The topological polar surface area (TPSA) is 94.1 Å². The van der Waals surface area contributed by atoms with Gasteiger partial charge in [-0.2, -0.15) is 4.98 Å². The van der Waals surface area contributed by atoms with Crippen LogP contribution in [0.3, 0.4) is 0 Å². The summed E-state index contributed by atoms with van der Waals surface area (Å²) >= 11 is 3.39. The highest BCUT2D eigenvalue weighted by Crippen LogP contribution is 2.28. The highest BCUT2D eigenvalue weighted by atomic mass is 79.9. The third-order valence-electron chi connectivity index (χ3n) is 4.24. The summed E-state index contributed by atoms with van der Waals surface area (Å²) in [6.07, 6.45) is 0. The van der Waals surface area contributed by atoms with E-state index in [1.165, 1.54) is 0 Å². The van der Waals surface area contributed by atoms with Crippen LogP contribution in [0.15, 0.2) is 68.1 Å². The van der Waals surface area contributed by atoms with Crippen LogP contribution in [0.1, 0.15) is 36.1 Å². The molecule has 0 unspecified atom stereocenters. The fourth-order valence-electron chi connectivity index (χ4n) is 2.68. The van der Waals surface area contributed by atoms with Crippen molar-refractivity contribution in [1.82, 2.24) is 15.3 Å². The van der Waals surface area contributed by atoms with Crippen LogP contribution in [0.25, 0.3) is 22.8 Å². The van der Waals surface area contributed by atoms with E-state index < -0.39 is 5.91 Å². The van der Waals surface area contributed by atoms with Crippen molar-refractivity contribution >= 4 is 27.5 Å². The van der Waals surface area contributed by atoms with E-state index in [-0.39, 0.29) is 11.6 Å². The summed E-state index contributed by atoms with van der Waals surface area (Å²) in [6, 6.07) is 16.4. The van der Waals surface area contributed by atoms with Crippen molar-refractivity contribution in [2.75, 3.05) is 5.32 Å². The maximum atomic E-state index is 12.7. The van der Waals surface area contributed by atoms with Crippen LogP contribution in [0, 0.1) is 0 Å². The second kappa shape index (κ2) is 8.00. The van der Waals surface area contributed by atoms with E-state index in [2.05, 4.69) is 36.5 Å². The molecule has 4 rings (SSSR count). The van der Waals surface area contributed by atoms with E-state index >= 15 is 0 Å². The van der Waals surface area contributed by atoms with E-state index in [9.17, 15) is 4.79 Å². The summed E-state index contributed by atoms with van der Waals surface area (Å²) < 4.78 is 11.6. The highest BCUT2D eigenvalue weighted by molar-refractivity contribution is 9.10. The fourth-order valence-corrected chi connectivity index (χ4v) is 2.94. The van der Waals surface area contributed by atoms with Gasteiger partial charge in [0.2, 0.25) is 0 Å². The van der Waals surface area contributed by atoms with Gasteiger partial charge in [0.25, 0.3) is 11.8 Å². The Kier molecular flexibility index (Phi) is 5.26. The van der Waals surface area contributed by atoms with Gasteiger partial charge in [0.1, 0.15) is 0 Å². The lowest BCUT2D eigenvalue weighted by Crippen LogP contribution is -2.12. The summed E-state index contributed by atoms with van der Waals surface area (Å²) in [5.74, 6) is 1.21. The maximum absolute atomic E-state index is 12.7. The molecular weight excluding hydrogens is 436 g/mol. The summed E-state index contributed by atoms with van der Waals surface area (Å²) in [5, 5.41) is 10.7. The number of amides is 1. The monoisotopic (exact) mass is 452 g/mol. The summed E-state index contributed by atoms with van der Waals surface area (Å²) in [4.78, 5) is 17.1. The van der Waals surface area contributed by atoms with Gasteiger partial charge in [0, 0.05) is 22.0 Å². The zero-order valence-corrected chi connectivity index (χ0v) is 17.3. The van der Waals surface area contributed by atoms with Gasteiger partial charge in [-0.3, -0.25) is 4.79 Å². The molecule has 2 aromatic carbocycles. The van der Waals surface area contributed by atoms with E-state index in [1.807, 2.05) is 56.3 Å². The van der Waals surface area contributed by atoms with E-state index in [1.54, 1.807) is 12.1 Å². The molecule has 1 amide bonds. The van der Waals surface area contributed by atoms with Crippen LogP contribution in [0.4, 0.5) is 5.69 Å². The lowest BCUT2D eigenvalue weighted by Gasteiger charge is -2.06. The molecule has 146 valence electrons. The van der Waals surface area contributed by atoms with E-state index in [0.29, 0.717) is 28.7 Å². The Morgan fingerprint density at radius 3 is 2.52 bits per heavy atom. The quantitative estimate of drug-likeness (QED) is 0.427. The second-order valence-corrected chi connectivity index (χ2v) is 7.61. The lowest BCUT2D eigenvalue weighted by atomic mass is 10.1. The van der Waals surface area contributed by atoms with Gasteiger partial charge in [-0.15, -0.1) is 0 Å². The average molecular weight is 453 g/mol. The number of hydrogen-bond donors (Lipinski definition) is 1. The molecule has 1 N–H and O–H groups in total. The molecule has 4 aromatic rings. The molecule has 0 bridgehead atoms. The number of halogens is 1. The molecule has 0 fully saturated rings.